The highest BCUT2D eigenvalue weighted by atomic mass is 32.1. The zero-order chi connectivity index (χ0) is 11.6. The lowest BCUT2D eigenvalue weighted by molar-refractivity contribution is 0.145. The topological polar surface area (TPSA) is 37.8 Å². The second-order valence-corrected chi connectivity index (χ2v) is 5.92. The van der Waals surface area contributed by atoms with E-state index in [9.17, 15) is 0 Å². The summed E-state index contributed by atoms with van der Waals surface area (Å²) in [5.41, 5.74) is 0.545. The number of anilines is 1. The highest BCUT2D eigenvalue weighted by Crippen LogP contribution is 2.43. The monoisotopic (exact) mass is 239 g/mol. The molecule has 0 atom stereocenters. The van der Waals surface area contributed by atoms with Crippen molar-refractivity contribution < 1.29 is 0 Å². The van der Waals surface area contributed by atoms with Gasteiger partial charge in [-0.05, 0) is 24.7 Å². The van der Waals surface area contributed by atoms with Crippen LogP contribution in [0.3, 0.4) is 0 Å². The first-order valence-electron chi connectivity index (χ1n) is 6.23. The fourth-order valence-corrected chi connectivity index (χ4v) is 2.84. The maximum Gasteiger partial charge on any atom is 0.202 e. The Morgan fingerprint density at radius 1 is 1.44 bits per heavy atom. The van der Waals surface area contributed by atoms with E-state index in [0.717, 1.165) is 17.5 Å². The van der Waals surface area contributed by atoms with Gasteiger partial charge in [0.05, 0.1) is 0 Å². The predicted octanol–water partition coefficient (Wildman–Crippen LogP) is 3.65. The molecule has 0 saturated heterocycles. The number of rotatable bonds is 5. The van der Waals surface area contributed by atoms with Crippen molar-refractivity contribution in [3.05, 3.63) is 5.82 Å². The third kappa shape index (κ3) is 2.37. The Balaban J connectivity index is 1.89. The molecule has 1 fully saturated rings. The zero-order valence-electron chi connectivity index (χ0n) is 10.4. The summed E-state index contributed by atoms with van der Waals surface area (Å²) in [5.74, 6) is 1.39. The summed E-state index contributed by atoms with van der Waals surface area (Å²) < 4.78 is 4.35. The lowest BCUT2D eigenvalue weighted by atomic mass is 9.67. The van der Waals surface area contributed by atoms with Crippen LogP contribution >= 0.6 is 11.5 Å². The maximum absolute atomic E-state index is 4.50. The van der Waals surface area contributed by atoms with Crippen molar-refractivity contribution in [1.29, 1.82) is 0 Å². The van der Waals surface area contributed by atoms with Crippen LogP contribution in [0.1, 0.15) is 58.2 Å². The first-order valence-corrected chi connectivity index (χ1v) is 7.00. The first kappa shape index (κ1) is 11.8. The molecule has 16 heavy (non-hydrogen) atoms. The van der Waals surface area contributed by atoms with Crippen LogP contribution in [0, 0.1) is 5.41 Å². The number of hydrogen-bond donors (Lipinski definition) is 1. The van der Waals surface area contributed by atoms with Crippen molar-refractivity contribution in [2.24, 2.45) is 5.41 Å². The highest BCUT2D eigenvalue weighted by molar-refractivity contribution is 7.09. The smallest absolute Gasteiger partial charge is 0.202 e. The molecule has 2 rings (SSSR count). The summed E-state index contributed by atoms with van der Waals surface area (Å²) in [6.07, 6.45) is 5.40. The molecule has 1 saturated carbocycles. The Bertz CT molecular complexity index is 336. The number of nitrogens with zero attached hydrogens (tertiary/aromatic N) is 2. The molecule has 0 unspecified atom stereocenters. The molecule has 0 aliphatic heterocycles. The second kappa shape index (κ2) is 4.70. The van der Waals surface area contributed by atoms with Crippen molar-refractivity contribution in [2.45, 2.75) is 52.4 Å². The van der Waals surface area contributed by atoms with Crippen molar-refractivity contribution in [2.75, 3.05) is 11.9 Å². The van der Waals surface area contributed by atoms with E-state index < -0.39 is 0 Å². The van der Waals surface area contributed by atoms with Crippen LogP contribution < -0.4 is 5.32 Å². The molecule has 1 N–H and O–H groups in total. The van der Waals surface area contributed by atoms with Crippen LogP contribution in [0.5, 0.6) is 0 Å². The number of hydrogen-bond acceptors (Lipinski definition) is 4. The van der Waals surface area contributed by atoms with E-state index >= 15 is 0 Å². The van der Waals surface area contributed by atoms with Gasteiger partial charge in [-0.1, -0.05) is 27.2 Å². The molecule has 0 spiro atoms. The van der Waals surface area contributed by atoms with E-state index in [1.165, 1.54) is 37.2 Å². The third-order valence-electron chi connectivity index (χ3n) is 3.74. The van der Waals surface area contributed by atoms with Gasteiger partial charge in [0.15, 0.2) is 0 Å². The Morgan fingerprint density at radius 3 is 2.62 bits per heavy atom. The van der Waals surface area contributed by atoms with Gasteiger partial charge in [-0.25, -0.2) is 4.98 Å². The van der Waals surface area contributed by atoms with Crippen LogP contribution in [0.4, 0.5) is 5.13 Å². The van der Waals surface area contributed by atoms with Gasteiger partial charge in [-0.15, -0.1) is 0 Å². The molecular formula is C12H21N3S. The molecule has 0 bridgehead atoms. The quantitative estimate of drug-likeness (QED) is 0.852. The average Bonchev–Trinajstić information content (AvgIpc) is 2.65. The van der Waals surface area contributed by atoms with Crippen molar-refractivity contribution in [1.82, 2.24) is 9.36 Å². The van der Waals surface area contributed by atoms with Crippen molar-refractivity contribution in [3.63, 3.8) is 0 Å². The fraction of sp³-hybridized carbons (Fsp3) is 0.833. The minimum atomic E-state index is 0.427. The summed E-state index contributed by atoms with van der Waals surface area (Å²) in [5, 5.41) is 4.45. The van der Waals surface area contributed by atoms with Gasteiger partial charge in [0.25, 0.3) is 0 Å². The van der Waals surface area contributed by atoms with E-state index in [4.69, 9.17) is 0 Å². The van der Waals surface area contributed by atoms with Gasteiger partial charge in [0.1, 0.15) is 5.82 Å². The van der Waals surface area contributed by atoms with Gasteiger partial charge in [0.2, 0.25) is 5.13 Å². The average molecular weight is 239 g/mol. The minimum absolute atomic E-state index is 0.427. The Hall–Kier alpha value is -0.640. The molecule has 1 aliphatic rings. The van der Waals surface area contributed by atoms with Crippen LogP contribution in [0.25, 0.3) is 0 Å². The standard InChI is InChI=1S/C12H21N3S/c1-4-12(6-5-7-12)8-13-11-14-10(9(2)3)15-16-11/h9H,4-8H2,1-3H3,(H,13,14,15). The number of aromatic nitrogens is 2. The normalized spacial score (nSPS) is 18.5. The molecule has 1 aromatic heterocycles. The summed E-state index contributed by atoms with van der Waals surface area (Å²) in [6, 6.07) is 0. The first-order chi connectivity index (χ1) is 7.65. The lowest BCUT2D eigenvalue weighted by Crippen LogP contribution is -2.35. The highest BCUT2D eigenvalue weighted by Gasteiger charge is 2.34. The molecule has 0 amide bonds. The van der Waals surface area contributed by atoms with E-state index in [2.05, 4.69) is 35.4 Å². The third-order valence-corrected chi connectivity index (χ3v) is 4.42. The molecule has 0 radical (unpaired) electrons. The van der Waals surface area contributed by atoms with E-state index in [0.29, 0.717) is 11.3 Å². The largest absolute Gasteiger partial charge is 0.360 e. The molecule has 1 heterocycles. The van der Waals surface area contributed by atoms with Gasteiger partial charge >= 0.3 is 0 Å². The van der Waals surface area contributed by atoms with E-state index in [1.54, 1.807) is 0 Å². The molecule has 1 aromatic rings. The van der Waals surface area contributed by atoms with E-state index in [-0.39, 0.29) is 0 Å². The van der Waals surface area contributed by atoms with Crippen LogP contribution in [-0.2, 0) is 0 Å². The summed E-state index contributed by atoms with van der Waals surface area (Å²) >= 11 is 1.49. The summed E-state index contributed by atoms with van der Waals surface area (Å²) in [7, 11) is 0. The van der Waals surface area contributed by atoms with Gasteiger partial charge < -0.3 is 5.32 Å². The summed E-state index contributed by atoms with van der Waals surface area (Å²) in [4.78, 5) is 4.50. The SMILES string of the molecule is CCC1(CNc2nc(C(C)C)ns2)CCC1. The van der Waals surface area contributed by atoms with Gasteiger partial charge in [-0.3, -0.25) is 0 Å². The second-order valence-electron chi connectivity index (χ2n) is 5.17. The Kier molecular flexibility index (Phi) is 3.47. The summed E-state index contributed by atoms with van der Waals surface area (Å²) in [6.45, 7) is 7.62. The Labute approximate surface area is 102 Å². The molecule has 4 heteroatoms. The van der Waals surface area contributed by atoms with Crippen molar-refractivity contribution >= 4 is 16.7 Å². The molecule has 90 valence electrons. The predicted molar refractivity (Wildman–Crippen MR) is 69.1 cm³/mol. The number of nitrogens with one attached hydrogen (secondary N) is 1. The molecular weight excluding hydrogens is 218 g/mol. The fourth-order valence-electron chi connectivity index (χ4n) is 2.14. The zero-order valence-corrected chi connectivity index (χ0v) is 11.2. The molecule has 0 aromatic carbocycles. The van der Waals surface area contributed by atoms with Crippen molar-refractivity contribution in [3.8, 4) is 0 Å². The minimum Gasteiger partial charge on any atom is -0.360 e. The van der Waals surface area contributed by atoms with E-state index in [1.807, 2.05) is 0 Å². The van der Waals surface area contributed by atoms with Crippen LogP contribution in [0.15, 0.2) is 0 Å². The lowest BCUT2D eigenvalue weighted by Gasteiger charge is -2.41. The molecule has 3 nitrogen and oxygen atoms in total. The van der Waals surface area contributed by atoms with Crippen LogP contribution in [-0.4, -0.2) is 15.9 Å². The van der Waals surface area contributed by atoms with Crippen LogP contribution in [0.2, 0.25) is 0 Å². The van der Waals surface area contributed by atoms with Gasteiger partial charge in [0, 0.05) is 24.0 Å². The Morgan fingerprint density at radius 2 is 2.19 bits per heavy atom. The maximum atomic E-state index is 4.50. The molecule has 1 aliphatic carbocycles. The van der Waals surface area contributed by atoms with Gasteiger partial charge in [-0.2, -0.15) is 4.37 Å².